The van der Waals surface area contributed by atoms with Crippen LogP contribution in [-0.2, 0) is 0 Å². The molecule has 0 aliphatic carbocycles. The molecular weight excluding hydrogens is 278 g/mol. The highest BCUT2D eigenvalue weighted by atomic mass is 16.5. The molecule has 0 atom stereocenters. The number of carbonyl (C=O) groups is 1. The van der Waals surface area contributed by atoms with Crippen LogP contribution in [0.25, 0.3) is 0 Å². The number of aryl methyl sites for hydroxylation is 3. The number of carbonyl (C=O) groups excluding carboxylic acids is 1. The average molecular weight is 299 g/mol. The summed E-state index contributed by atoms with van der Waals surface area (Å²) in [4.78, 5) is 20.8. The van der Waals surface area contributed by atoms with E-state index >= 15 is 0 Å². The van der Waals surface area contributed by atoms with Gasteiger partial charge in [-0.05, 0) is 52.3 Å². The van der Waals surface area contributed by atoms with Crippen LogP contribution in [0, 0.1) is 20.8 Å². The smallest absolute Gasteiger partial charge is 0.257 e. The molecule has 1 N–H and O–H groups in total. The number of anilines is 1. The highest BCUT2D eigenvalue weighted by Gasteiger charge is 2.12. The van der Waals surface area contributed by atoms with Crippen molar-refractivity contribution in [2.45, 2.75) is 40.7 Å². The first-order chi connectivity index (χ1) is 10.4. The lowest BCUT2D eigenvalue weighted by Gasteiger charge is -2.12. The largest absolute Gasteiger partial charge is 0.475 e. The zero-order chi connectivity index (χ0) is 16.3. The predicted molar refractivity (Wildman–Crippen MR) is 86.4 cm³/mol. The van der Waals surface area contributed by atoms with Crippen molar-refractivity contribution in [2.24, 2.45) is 0 Å². The van der Waals surface area contributed by atoms with E-state index in [9.17, 15) is 4.79 Å². The van der Waals surface area contributed by atoms with Gasteiger partial charge in [0.05, 0.1) is 23.0 Å². The van der Waals surface area contributed by atoms with Gasteiger partial charge >= 0.3 is 0 Å². The molecule has 2 aromatic rings. The Morgan fingerprint density at radius 3 is 2.50 bits per heavy atom. The fraction of sp³-hybridized carbons (Fsp3) is 0.353. The van der Waals surface area contributed by atoms with Crippen molar-refractivity contribution < 1.29 is 9.53 Å². The van der Waals surface area contributed by atoms with E-state index in [4.69, 9.17) is 4.74 Å². The van der Waals surface area contributed by atoms with Gasteiger partial charge in [-0.15, -0.1) is 0 Å². The molecule has 0 bridgehead atoms. The Hall–Kier alpha value is -2.43. The zero-order valence-electron chi connectivity index (χ0n) is 13.6. The monoisotopic (exact) mass is 299 g/mol. The van der Waals surface area contributed by atoms with Crippen molar-refractivity contribution in [1.82, 2.24) is 9.97 Å². The van der Waals surface area contributed by atoms with Crippen LogP contribution in [0.15, 0.2) is 24.4 Å². The highest BCUT2D eigenvalue weighted by Crippen LogP contribution is 2.20. The molecule has 5 heteroatoms. The molecule has 2 rings (SSSR count). The van der Waals surface area contributed by atoms with Crippen molar-refractivity contribution in [1.29, 1.82) is 0 Å². The van der Waals surface area contributed by atoms with E-state index in [1.54, 1.807) is 12.1 Å². The Kier molecular flexibility index (Phi) is 4.75. The lowest BCUT2D eigenvalue weighted by Crippen LogP contribution is -2.15. The molecule has 1 amide bonds. The third-order valence-electron chi connectivity index (χ3n) is 3.12. The molecule has 5 nitrogen and oxygen atoms in total. The maximum atomic E-state index is 12.3. The average Bonchev–Trinajstić information content (AvgIpc) is 2.42. The van der Waals surface area contributed by atoms with Crippen molar-refractivity contribution in [3.8, 4) is 5.88 Å². The van der Waals surface area contributed by atoms with Gasteiger partial charge in [-0.3, -0.25) is 9.78 Å². The number of rotatable bonds is 4. The Bertz CT molecular complexity index is 656. The standard InChI is InChI=1S/C17H21N3O2/c1-10(2)22-15-7-6-14(9-18-15)17(21)20-16-11(3)8-12(4)19-13(16)5/h6-10H,1-5H3,(H,20,21). The van der Waals surface area contributed by atoms with E-state index < -0.39 is 0 Å². The molecular formula is C17H21N3O2. The third-order valence-corrected chi connectivity index (χ3v) is 3.12. The number of nitrogens with zero attached hydrogens (tertiary/aromatic N) is 2. The first-order valence-electron chi connectivity index (χ1n) is 7.25. The van der Waals surface area contributed by atoms with Crippen LogP contribution < -0.4 is 10.1 Å². The van der Waals surface area contributed by atoms with Gasteiger partial charge in [0.25, 0.3) is 5.91 Å². The summed E-state index contributed by atoms with van der Waals surface area (Å²) in [5.74, 6) is 0.302. The summed E-state index contributed by atoms with van der Waals surface area (Å²) in [5.41, 5.74) is 3.96. The molecule has 0 radical (unpaired) electrons. The summed E-state index contributed by atoms with van der Waals surface area (Å²) in [6.07, 6.45) is 1.57. The number of aromatic nitrogens is 2. The van der Waals surface area contributed by atoms with Crippen molar-refractivity contribution >= 4 is 11.6 Å². The molecule has 0 saturated carbocycles. The first-order valence-corrected chi connectivity index (χ1v) is 7.25. The van der Waals surface area contributed by atoms with Crippen LogP contribution >= 0.6 is 0 Å². The van der Waals surface area contributed by atoms with Crippen LogP contribution in [-0.4, -0.2) is 22.0 Å². The Morgan fingerprint density at radius 1 is 1.23 bits per heavy atom. The third kappa shape index (κ3) is 3.81. The summed E-state index contributed by atoms with van der Waals surface area (Å²) in [6.45, 7) is 9.63. The van der Waals surface area contributed by atoms with Gasteiger partial charge in [-0.2, -0.15) is 0 Å². The molecule has 116 valence electrons. The maximum Gasteiger partial charge on any atom is 0.257 e. The minimum Gasteiger partial charge on any atom is -0.475 e. The Balaban J connectivity index is 2.16. The fourth-order valence-corrected chi connectivity index (χ4v) is 2.22. The van der Waals surface area contributed by atoms with Gasteiger partial charge in [0.15, 0.2) is 0 Å². The number of hydrogen-bond acceptors (Lipinski definition) is 4. The fourth-order valence-electron chi connectivity index (χ4n) is 2.22. The molecule has 0 spiro atoms. The molecule has 0 aliphatic heterocycles. The quantitative estimate of drug-likeness (QED) is 0.939. The lowest BCUT2D eigenvalue weighted by molar-refractivity contribution is 0.102. The molecule has 0 aromatic carbocycles. The second kappa shape index (κ2) is 6.56. The van der Waals surface area contributed by atoms with Gasteiger partial charge in [-0.1, -0.05) is 0 Å². The number of nitrogens with one attached hydrogen (secondary N) is 1. The summed E-state index contributed by atoms with van der Waals surface area (Å²) >= 11 is 0. The SMILES string of the molecule is Cc1cc(C)c(NC(=O)c2ccc(OC(C)C)nc2)c(C)n1. The van der Waals surface area contributed by atoms with Crippen molar-refractivity contribution in [3.63, 3.8) is 0 Å². The van der Waals surface area contributed by atoms with Gasteiger partial charge in [-0.25, -0.2) is 4.98 Å². The van der Waals surface area contributed by atoms with E-state index in [0.717, 1.165) is 22.6 Å². The van der Waals surface area contributed by atoms with Crippen LogP contribution in [0.2, 0.25) is 0 Å². The van der Waals surface area contributed by atoms with Gasteiger partial charge < -0.3 is 10.1 Å². The van der Waals surface area contributed by atoms with Crippen LogP contribution in [0.4, 0.5) is 5.69 Å². The van der Waals surface area contributed by atoms with Crippen LogP contribution in [0.5, 0.6) is 5.88 Å². The highest BCUT2D eigenvalue weighted by molar-refractivity contribution is 6.04. The normalized spacial score (nSPS) is 10.6. The van der Waals surface area contributed by atoms with Crippen LogP contribution in [0.3, 0.4) is 0 Å². The summed E-state index contributed by atoms with van der Waals surface area (Å²) in [7, 11) is 0. The number of hydrogen-bond donors (Lipinski definition) is 1. The van der Waals surface area contributed by atoms with E-state index in [-0.39, 0.29) is 12.0 Å². The van der Waals surface area contributed by atoms with E-state index in [1.807, 2.05) is 40.7 Å². The van der Waals surface area contributed by atoms with Gasteiger partial charge in [0, 0.05) is 18.0 Å². The minimum absolute atomic E-state index is 0.0520. The molecule has 22 heavy (non-hydrogen) atoms. The topological polar surface area (TPSA) is 64.1 Å². The molecule has 0 fully saturated rings. The van der Waals surface area contributed by atoms with Crippen molar-refractivity contribution in [2.75, 3.05) is 5.32 Å². The second-order valence-electron chi connectivity index (χ2n) is 5.55. The molecule has 2 aromatic heterocycles. The zero-order valence-corrected chi connectivity index (χ0v) is 13.6. The number of amides is 1. The summed E-state index contributed by atoms with van der Waals surface area (Å²) < 4.78 is 5.47. The first kappa shape index (κ1) is 15.9. The number of pyridine rings is 2. The van der Waals surface area contributed by atoms with E-state index in [1.165, 1.54) is 6.20 Å². The predicted octanol–water partition coefficient (Wildman–Crippen LogP) is 3.44. The van der Waals surface area contributed by atoms with E-state index in [2.05, 4.69) is 15.3 Å². The molecule has 0 aliphatic rings. The summed E-state index contributed by atoms with van der Waals surface area (Å²) in [6, 6.07) is 5.34. The molecule has 0 unspecified atom stereocenters. The summed E-state index contributed by atoms with van der Waals surface area (Å²) in [5, 5.41) is 2.90. The minimum atomic E-state index is -0.208. The Labute approximate surface area is 130 Å². The lowest BCUT2D eigenvalue weighted by atomic mass is 10.1. The van der Waals surface area contributed by atoms with Gasteiger partial charge in [0.2, 0.25) is 5.88 Å². The van der Waals surface area contributed by atoms with Crippen molar-refractivity contribution in [3.05, 3.63) is 46.9 Å². The molecule has 2 heterocycles. The van der Waals surface area contributed by atoms with Crippen LogP contribution in [0.1, 0.15) is 41.2 Å². The molecule has 0 saturated heterocycles. The maximum absolute atomic E-state index is 12.3. The second-order valence-corrected chi connectivity index (χ2v) is 5.55. The Morgan fingerprint density at radius 2 is 1.95 bits per heavy atom. The van der Waals surface area contributed by atoms with Gasteiger partial charge in [0.1, 0.15) is 0 Å². The van der Waals surface area contributed by atoms with E-state index in [0.29, 0.717) is 11.4 Å². The number of ether oxygens (including phenoxy) is 1.